The minimum atomic E-state index is -0.833. The number of hydrogen-bond acceptors (Lipinski definition) is 2. The van der Waals surface area contributed by atoms with Crippen LogP contribution in [0, 0.1) is 0 Å². The first kappa shape index (κ1) is 13.1. The van der Waals surface area contributed by atoms with Crippen LogP contribution in [0.25, 0.3) is 0 Å². The van der Waals surface area contributed by atoms with Crippen LogP contribution in [0.3, 0.4) is 0 Å². The fourth-order valence-corrected chi connectivity index (χ4v) is 0.479. The van der Waals surface area contributed by atoms with Crippen molar-refractivity contribution in [3.63, 3.8) is 0 Å². The molecule has 0 saturated heterocycles. The lowest BCUT2D eigenvalue weighted by Crippen LogP contribution is -2.13. The van der Waals surface area contributed by atoms with Gasteiger partial charge in [-0.2, -0.15) is 0 Å². The minimum absolute atomic E-state index is 0.833. The van der Waals surface area contributed by atoms with E-state index in [1.165, 1.54) is 19.4 Å². The number of carboxylic acids is 1. The van der Waals surface area contributed by atoms with Crippen LogP contribution in [-0.4, -0.2) is 24.2 Å². The number of unbranched alkanes of at least 4 members (excludes halogenated alkanes) is 1. The van der Waals surface area contributed by atoms with Gasteiger partial charge in [0, 0.05) is 6.92 Å². The second kappa shape index (κ2) is 12.1. The number of hydrogen-bond donors (Lipinski definition) is 2. The van der Waals surface area contributed by atoms with Crippen LogP contribution in [0.2, 0.25) is 0 Å². The third kappa shape index (κ3) is 44.2. The van der Waals surface area contributed by atoms with E-state index in [1.54, 1.807) is 0 Å². The molecule has 0 fully saturated rings. The fraction of sp³-hybridized carbons (Fsp3) is 0.875. The predicted octanol–water partition coefficient (Wildman–Crippen LogP) is 1.49. The molecular formula is C8H19NO2. The molecule has 0 aliphatic carbocycles. The molecule has 11 heavy (non-hydrogen) atoms. The van der Waals surface area contributed by atoms with E-state index in [4.69, 9.17) is 9.90 Å². The van der Waals surface area contributed by atoms with E-state index in [0.717, 1.165) is 13.5 Å². The summed E-state index contributed by atoms with van der Waals surface area (Å²) in [5.41, 5.74) is 0. The zero-order valence-electron chi connectivity index (χ0n) is 7.68. The van der Waals surface area contributed by atoms with Gasteiger partial charge >= 0.3 is 0 Å². The molecule has 68 valence electrons. The molecule has 0 amide bonds. The van der Waals surface area contributed by atoms with Crippen molar-refractivity contribution in [2.75, 3.05) is 13.1 Å². The van der Waals surface area contributed by atoms with E-state index in [0.29, 0.717) is 0 Å². The Kier molecular flexibility index (Phi) is 14.4. The molecule has 0 aromatic rings. The van der Waals surface area contributed by atoms with Gasteiger partial charge in [-0.15, -0.1) is 0 Å². The van der Waals surface area contributed by atoms with Gasteiger partial charge in [0.1, 0.15) is 0 Å². The van der Waals surface area contributed by atoms with Crippen molar-refractivity contribution in [3.05, 3.63) is 0 Å². The van der Waals surface area contributed by atoms with Gasteiger partial charge < -0.3 is 10.4 Å². The van der Waals surface area contributed by atoms with Crippen LogP contribution in [0.1, 0.15) is 33.6 Å². The zero-order valence-corrected chi connectivity index (χ0v) is 7.68. The van der Waals surface area contributed by atoms with E-state index in [2.05, 4.69) is 19.2 Å². The summed E-state index contributed by atoms with van der Waals surface area (Å²) in [7, 11) is 0. The lowest BCUT2D eigenvalue weighted by Gasteiger charge is -1.95. The smallest absolute Gasteiger partial charge is 0.300 e. The van der Waals surface area contributed by atoms with Gasteiger partial charge in [0.25, 0.3) is 5.97 Å². The number of aliphatic carboxylic acids is 1. The highest BCUT2D eigenvalue weighted by Crippen LogP contribution is 1.80. The summed E-state index contributed by atoms with van der Waals surface area (Å²) >= 11 is 0. The summed E-state index contributed by atoms with van der Waals surface area (Å²) < 4.78 is 0. The highest BCUT2D eigenvalue weighted by Gasteiger charge is 1.77. The predicted molar refractivity (Wildman–Crippen MR) is 46.8 cm³/mol. The Morgan fingerprint density at radius 1 is 1.45 bits per heavy atom. The number of nitrogens with one attached hydrogen (secondary N) is 1. The Morgan fingerprint density at radius 3 is 2.18 bits per heavy atom. The van der Waals surface area contributed by atoms with Crippen molar-refractivity contribution in [2.45, 2.75) is 33.6 Å². The standard InChI is InChI=1S/C6H15N.C2H4O2/c1-3-5-6-7-4-2;1-2(3)4/h7H,3-6H2,1-2H3;1H3,(H,3,4). The number of carboxylic acid groups (broad SMARTS) is 1. The van der Waals surface area contributed by atoms with Crippen LogP contribution in [0.4, 0.5) is 0 Å². The third-order valence-corrected chi connectivity index (χ3v) is 0.957. The summed E-state index contributed by atoms with van der Waals surface area (Å²) in [5.74, 6) is -0.833. The molecule has 0 aliphatic heterocycles. The molecule has 0 bridgehead atoms. The monoisotopic (exact) mass is 161 g/mol. The van der Waals surface area contributed by atoms with Crippen molar-refractivity contribution in [1.29, 1.82) is 0 Å². The largest absolute Gasteiger partial charge is 0.481 e. The van der Waals surface area contributed by atoms with Gasteiger partial charge in [-0.3, -0.25) is 4.79 Å². The molecule has 0 saturated carbocycles. The molecule has 0 aromatic carbocycles. The van der Waals surface area contributed by atoms with Gasteiger partial charge in [0.05, 0.1) is 0 Å². The quantitative estimate of drug-likeness (QED) is 0.614. The molecule has 0 aliphatic rings. The first-order chi connectivity index (χ1) is 5.15. The SMILES string of the molecule is CC(=O)O.CCCCNCC. The highest BCUT2D eigenvalue weighted by atomic mass is 16.4. The van der Waals surface area contributed by atoms with Crippen LogP contribution in [0.15, 0.2) is 0 Å². The van der Waals surface area contributed by atoms with Crippen molar-refractivity contribution in [3.8, 4) is 0 Å². The molecule has 2 N–H and O–H groups in total. The molecule has 0 rings (SSSR count). The van der Waals surface area contributed by atoms with Gasteiger partial charge in [-0.1, -0.05) is 20.3 Å². The molecule has 0 unspecified atom stereocenters. The van der Waals surface area contributed by atoms with Crippen molar-refractivity contribution >= 4 is 5.97 Å². The maximum atomic E-state index is 9.00. The Labute approximate surface area is 68.8 Å². The maximum Gasteiger partial charge on any atom is 0.300 e. The Bertz CT molecular complexity index is 76.2. The fourth-order valence-electron chi connectivity index (χ4n) is 0.479. The van der Waals surface area contributed by atoms with Crippen molar-refractivity contribution < 1.29 is 9.90 Å². The lowest BCUT2D eigenvalue weighted by atomic mass is 10.3. The van der Waals surface area contributed by atoms with Crippen LogP contribution < -0.4 is 5.32 Å². The summed E-state index contributed by atoms with van der Waals surface area (Å²) in [4.78, 5) is 9.00. The molecular weight excluding hydrogens is 142 g/mol. The zero-order chi connectivity index (χ0) is 9.11. The topological polar surface area (TPSA) is 49.3 Å². The number of rotatable bonds is 4. The molecule has 0 aromatic heterocycles. The van der Waals surface area contributed by atoms with E-state index in [9.17, 15) is 0 Å². The maximum absolute atomic E-state index is 9.00. The van der Waals surface area contributed by atoms with Crippen LogP contribution in [-0.2, 0) is 4.79 Å². The van der Waals surface area contributed by atoms with E-state index >= 15 is 0 Å². The lowest BCUT2D eigenvalue weighted by molar-refractivity contribution is -0.134. The molecule has 3 heteroatoms. The van der Waals surface area contributed by atoms with E-state index in [-0.39, 0.29) is 0 Å². The van der Waals surface area contributed by atoms with Crippen LogP contribution >= 0.6 is 0 Å². The van der Waals surface area contributed by atoms with Crippen molar-refractivity contribution in [1.82, 2.24) is 5.32 Å². The van der Waals surface area contributed by atoms with Gasteiger partial charge in [-0.25, -0.2) is 0 Å². The number of carbonyl (C=O) groups is 1. The summed E-state index contributed by atoms with van der Waals surface area (Å²) in [6, 6.07) is 0. The summed E-state index contributed by atoms with van der Waals surface area (Å²) in [6.45, 7) is 7.72. The Hall–Kier alpha value is -0.570. The summed E-state index contributed by atoms with van der Waals surface area (Å²) in [6.07, 6.45) is 2.61. The van der Waals surface area contributed by atoms with Crippen molar-refractivity contribution in [2.24, 2.45) is 0 Å². The average molecular weight is 161 g/mol. The Balaban J connectivity index is 0. The highest BCUT2D eigenvalue weighted by molar-refractivity contribution is 5.62. The third-order valence-electron chi connectivity index (χ3n) is 0.957. The van der Waals surface area contributed by atoms with E-state index < -0.39 is 5.97 Å². The van der Waals surface area contributed by atoms with Crippen LogP contribution in [0.5, 0.6) is 0 Å². The molecule has 3 nitrogen and oxygen atoms in total. The second-order valence-electron chi connectivity index (χ2n) is 2.23. The van der Waals surface area contributed by atoms with Gasteiger partial charge in [-0.05, 0) is 19.5 Å². The molecule has 0 radical (unpaired) electrons. The minimum Gasteiger partial charge on any atom is -0.481 e. The molecule has 0 heterocycles. The second-order valence-corrected chi connectivity index (χ2v) is 2.23. The molecule has 0 spiro atoms. The normalized spacial score (nSPS) is 8.27. The Morgan fingerprint density at radius 2 is 1.91 bits per heavy atom. The van der Waals surface area contributed by atoms with E-state index in [1.807, 2.05) is 0 Å². The van der Waals surface area contributed by atoms with Gasteiger partial charge in [0.2, 0.25) is 0 Å². The molecule has 0 atom stereocenters. The first-order valence-corrected chi connectivity index (χ1v) is 4.05. The average Bonchev–Trinajstić information content (AvgIpc) is 1.88. The first-order valence-electron chi connectivity index (χ1n) is 4.05. The van der Waals surface area contributed by atoms with Gasteiger partial charge in [0.15, 0.2) is 0 Å². The summed E-state index contributed by atoms with van der Waals surface area (Å²) in [5, 5.41) is 10.7.